The van der Waals surface area contributed by atoms with Gasteiger partial charge in [-0.3, -0.25) is 0 Å². The van der Waals surface area contributed by atoms with Crippen LogP contribution < -0.4 is 4.74 Å². The van der Waals surface area contributed by atoms with E-state index in [4.69, 9.17) is 4.74 Å². The van der Waals surface area contributed by atoms with E-state index >= 15 is 0 Å². The first-order valence-electron chi connectivity index (χ1n) is 11.8. The number of alkyl halides is 3. The molecule has 0 aliphatic carbocycles. The molecule has 4 nitrogen and oxygen atoms in total. The van der Waals surface area contributed by atoms with Crippen molar-refractivity contribution in [3.63, 3.8) is 0 Å². The van der Waals surface area contributed by atoms with Crippen LogP contribution in [0.4, 0.5) is 13.2 Å². The molecule has 0 saturated heterocycles. The lowest BCUT2D eigenvalue weighted by molar-refractivity contribution is -0.137. The Morgan fingerprint density at radius 1 is 0.763 bits per heavy atom. The predicted octanol–water partition coefficient (Wildman–Crippen LogP) is 7.57. The normalized spacial score (nSPS) is 11.5. The standard InChI is InChI=1S/C22H23OS.C7H5F3O3S/c1-2-3-18-23-21-16-10-11-17-22(21)24(19-12-6-4-7-13-19)20-14-8-5-9-15-20;8-7(9,10)5-1-3-6(4-2-5)14(11,12)13/h4-17H,2-3,18H2,1H3;1-4H,(H,11,12,13)/q+1;/p-1. The molecule has 38 heavy (non-hydrogen) atoms. The molecule has 0 bridgehead atoms. The van der Waals surface area contributed by atoms with Crippen molar-refractivity contribution in [3.05, 3.63) is 115 Å². The summed E-state index contributed by atoms with van der Waals surface area (Å²) in [6, 6.07) is 32.2. The highest BCUT2D eigenvalue weighted by molar-refractivity contribution is 7.97. The maximum absolute atomic E-state index is 12.0. The van der Waals surface area contributed by atoms with Gasteiger partial charge in [-0.2, -0.15) is 13.2 Å². The average Bonchev–Trinajstić information content (AvgIpc) is 2.91. The van der Waals surface area contributed by atoms with Gasteiger partial charge in [0.15, 0.2) is 15.5 Å². The van der Waals surface area contributed by atoms with E-state index in [0.29, 0.717) is 24.3 Å². The third-order valence-electron chi connectivity index (χ3n) is 5.25. The van der Waals surface area contributed by atoms with Crippen LogP contribution in [-0.4, -0.2) is 19.6 Å². The Kier molecular flexibility index (Phi) is 10.4. The van der Waals surface area contributed by atoms with Gasteiger partial charge >= 0.3 is 6.18 Å². The molecular formula is C29H27F3O4S2. The summed E-state index contributed by atoms with van der Waals surface area (Å²) < 4.78 is 73.1. The first-order valence-corrected chi connectivity index (χ1v) is 14.4. The first-order chi connectivity index (χ1) is 18.1. The highest BCUT2D eigenvalue weighted by Gasteiger charge is 2.32. The lowest BCUT2D eigenvalue weighted by Gasteiger charge is -2.12. The van der Waals surface area contributed by atoms with Crippen molar-refractivity contribution in [2.24, 2.45) is 0 Å². The Hall–Kier alpha value is -3.27. The van der Waals surface area contributed by atoms with Crippen LogP contribution in [0.5, 0.6) is 5.75 Å². The number of hydrogen-bond donors (Lipinski definition) is 0. The summed E-state index contributed by atoms with van der Waals surface area (Å²) in [5.41, 5.74) is -0.995. The molecule has 4 aromatic carbocycles. The maximum Gasteiger partial charge on any atom is 0.416 e. The minimum atomic E-state index is -4.68. The minimum Gasteiger partial charge on any atom is -0.744 e. The zero-order valence-corrected chi connectivity index (χ0v) is 22.2. The Balaban J connectivity index is 0.000000244. The third-order valence-corrected chi connectivity index (χ3v) is 8.37. The molecule has 200 valence electrons. The van der Waals surface area contributed by atoms with Crippen LogP contribution in [-0.2, 0) is 27.2 Å². The lowest BCUT2D eigenvalue weighted by Crippen LogP contribution is -2.08. The number of rotatable bonds is 8. The van der Waals surface area contributed by atoms with Crippen molar-refractivity contribution in [2.45, 2.75) is 45.5 Å². The molecule has 0 aliphatic rings. The van der Waals surface area contributed by atoms with Gasteiger partial charge in [0.1, 0.15) is 21.0 Å². The minimum absolute atomic E-state index is 0.157. The quantitative estimate of drug-likeness (QED) is 0.127. The third kappa shape index (κ3) is 8.37. The molecular weight excluding hydrogens is 533 g/mol. The Bertz CT molecular complexity index is 1340. The average molecular weight is 561 g/mol. The molecule has 0 amide bonds. The summed E-state index contributed by atoms with van der Waals surface area (Å²) in [6.45, 7) is 2.96. The molecule has 0 aromatic heterocycles. The SMILES string of the molecule is CCCCOc1ccccc1[S+](c1ccccc1)c1ccccc1.O=S(=O)([O-])c1ccc(C(F)(F)F)cc1. The van der Waals surface area contributed by atoms with Gasteiger partial charge in [-0.05, 0) is 67.1 Å². The van der Waals surface area contributed by atoms with Crippen LogP contribution in [0.15, 0.2) is 129 Å². The van der Waals surface area contributed by atoms with Gasteiger partial charge in [-0.15, -0.1) is 0 Å². The van der Waals surface area contributed by atoms with Crippen molar-refractivity contribution in [2.75, 3.05) is 6.61 Å². The second kappa shape index (κ2) is 13.5. The Morgan fingerprint density at radius 2 is 1.26 bits per heavy atom. The fourth-order valence-electron chi connectivity index (χ4n) is 3.38. The smallest absolute Gasteiger partial charge is 0.416 e. The van der Waals surface area contributed by atoms with Gasteiger partial charge in [-0.1, -0.05) is 61.9 Å². The monoisotopic (exact) mass is 560 g/mol. The van der Waals surface area contributed by atoms with E-state index in [-0.39, 0.29) is 10.9 Å². The number of unbranched alkanes of at least 4 members (excludes halogenated alkanes) is 1. The Morgan fingerprint density at radius 3 is 1.74 bits per heavy atom. The highest BCUT2D eigenvalue weighted by Crippen LogP contribution is 2.36. The second-order valence-corrected chi connectivity index (χ2v) is 11.4. The van der Waals surface area contributed by atoms with Gasteiger partial charge < -0.3 is 9.29 Å². The van der Waals surface area contributed by atoms with Crippen molar-refractivity contribution in [1.29, 1.82) is 0 Å². The van der Waals surface area contributed by atoms with E-state index in [0.717, 1.165) is 25.2 Å². The molecule has 0 spiro atoms. The zero-order valence-electron chi connectivity index (χ0n) is 20.6. The first kappa shape index (κ1) is 29.3. The topological polar surface area (TPSA) is 66.4 Å². The van der Waals surface area contributed by atoms with Crippen LogP contribution >= 0.6 is 0 Å². The van der Waals surface area contributed by atoms with Crippen molar-refractivity contribution in [1.82, 2.24) is 0 Å². The summed E-state index contributed by atoms with van der Waals surface area (Å²) in [5.74, 6) is 1.00. The fraction of sp³-hybridized carbons (Fsp3) is 0.172. The largest absolute Gasteiger partial charge is 0.744 e. The summed E-state index contributed by atoms with van der Waals surface area (Å²) in [6.07, 6.45) is -2.31. The zero-order chi connectivity index (χ0) is 27.6. The number of para-hydroxylation sites is 1. The fourth-order valence-corrected chi connectivity index (χ4v) is 6.03. The molecule has 4 aromatic rings. The molecule has 0 saturated carbocycles. The van der Waals surface area contributed by atoms with Crippen molar-refractivity contribution < 1.29 is 30.9 Å². The van der Waals surface area contributed by atoms with Crippen LogP contribution in [0.2, 0.25) is 0 Å². The van der Waals surface area contributed by atoms with E-state index in [1.807, 2.05) is 0 Å². The molecule has 0 N–H and O–H groups in total. The van der Waals surface area contributed by atoms with E-state index in [1.165, 1.54) is 14.7 Å². The second-order valence-electron chi connectivity index (χ2n) is 8.06. The van der Waals surface area contributed by atoms with Crippen molar-refractivity contribution in [3.8, 4) is 5.75 Å². The van der Waals surface area contributed by atoms with Gasteiger partial charge in [0, 0.05) is 0 Å². The molecule has 0 unspecified atom stereocenters. The van der Waals surface area contributed by atoms with Crippen LogP contribution in [0.3, 0.4) is 0 Å². The number of ether oxygens (including phenoxy) is 1. The van der Waals surface area contributed by atoms with Gasteiger partial charge in [0.05, 0.1) is 17.1 Å². The highest BCUT2D eigenvalue weighted by atomic mass is 32.2. The molecule has 0 aliphatic heterocycles. The lowest BCUT2D eigenvalue weighted by atomic mass is 10.2. The molecule has 0 atom stereocenters. The summed E-state index contributed by atoms with van der Waals surface area (Å²) in [4.78, 5) is 3.21. The van der Waals surface area contributed by atoms with Gasteiger partial charge in [-0.25, -0.2) is 8.42 Å². The molecule has 9 heteroatoms. The number of benzene rings is 4. The summed E-state index contributed by atoms with van der Waals surface area (Å²) in [7, 11) is -4.84. The van der Waals surface area contributed by atoms with Crippen LogP contribution in [0, 0.1) is 0 Å². The van der Waals surface area contributed by atoms with Gasteiger partial charge in [0.25, 0.3) is 0 Å². The van der Waals surface area contributed by atoms with E-state index in [2.05, 4.69) is 91.9 Å². The van der Waals surface area contributed by atoms with Crippen LogP contribution in [0.1, 0.15) is 25.3 Å². The number of hydrogen-bond acceptors (Lipinski definition) is 4. The van der Waals surface area contributed by atoms with Gasteiger partial charge in [0.2, 0.25) is 4.90 Å². The van der Waals surface area contributed by atoms with E-state index in [9.17, 15) is 26.1 Å². The molecule has 4 rings (SSSR count). The Labute approximate surface area is 224 Å². The molecule has 0 fully saturated rings. The van der Waals surface area contributed by atoms with Crippen LogP contribution in [0.25, 0.3) is 0 Å². The van der Waals surface area contributed by atoms with E-state index in [1.54, 1.807) is 0 Å². The molecule has 0 heterocycles. The maximum atomic E-state index is 12.0. The number of halogens is 3. The van der Waals surface area contributed by atoms with E-state index < -0.39 is 26.8 Å². The summed E-state index contributed by atoms with van der Waals surface area (Å²) >= 11 is 0. The molecule has 0 radical (unpaired) electrons. The van der Waals surface area contributed by atoms with Crippen molar-refractivity contribution >= 4 is 21.0 Å². The summed E-state index contributed by atoms with van der Waals surface area (Å²) in [5, 5.41) is 0. The predicted molar refractivity (Wildman–Crippen MR) is 141 cm³/mol.